The van der Waals surface area contributed by atoms with E-state index in [4.69, 9.17) is 5.73 Å². The molecule has 0 unspecified atom stereocenters. The molecular weight excluding hydrogens is 274 g/mol. The van der Waals surface area contributed by atoms with Gasteiger partial charge in [0, 0.05) is 11.4 Å². The second-order valence-electron chi connectivity index (χ2n) is 4.29. The van der Waals surface area contributed by atoms with Crippen molar-refractivity contribution >= 4 is 44.3 Å². The van der Waals surface area contributed by atoms with Crippen LogP contribution in [0.5, 0.6) is 0 Å². The molecule has 0 aliphatic heterocycles. The molecule has 2 heterocycles. The number of anilines is 2. The van der Waals surface area contributed by atoms with Crippen molar-refractivity contribution in [1.82, 2.24) is 4.98 Å². The monoisotopic (exact) mass is 289 g/mol. The minimum atomic E-state index is 0.789. The van der Waals surface area contributed by atoms with Crippen LogP contribution in [0.25, 0.3) is 10.2 Å². The molecule has 2 aromatic heterocycles. The predicted octanol–water partition coefficient (Wildman–Crippen LogP) is 3.97. The van der Waals surface area contributed by atoms with Crippen LogP contribution in [-0.2, 0) is 6.54 Å². The SMILES string of the molecule is CCN(Cc1cccs1)c1ccc2scnc2c1N. The van der Waals surface area contributed by atoms with E-state index in [2.05, 4.69) is 46.5 Å². The van der Waals surface area contributed by atoms with Gasteiger partial charge >= 0.3 is 0 Å². The first-order valence-corrected chi connectivity index (χ1v) is 7.94. The second-order valence-corrected chi connectivity index (χ2v) is 6.21. The summed E-state index contributed by atoms with van der Waals surface area (Å²) in [6, 6.07) is 8.45. The molecule has 0 radical (unpaired) electrons. The molecule has 0 aliphatic rings. The molecule has 3 nitrogen and oxygen atoms in total. The molecule has 0 bridgehead atoms. The summed E-state index contributed by atoms with van der Waals surface area (Å²) in [6.07, 6.45) is 0. The van der Waals surface area contributed by atoms with E-state index in [0.717, 1.165) is 34.7 Å². The number of nitrogen functional groups attached to an aromatic ring is 1. The van der Waals surface area contributed by atoms with Crippen LogP contribution in [0.1, 0.15) is 11.8 Å². The topological polar surface area (TPSA) is 42.2 Å². The predicted molar refractivity (Wildman–Crippen MR) is 85.1 cm³/mol. The summed E-state index contributed by atoms with van der Waals surface area (Å²) in [5, 5.41) is 2.11. The molecule has 0 fully saturated rings. The van der Waals surface area contributed by atoms with E-state index in [1.807, 2.05) is 5.51 Å². The maximum Gasteiger partial charge on any atom is 0.106 e. The summed E-state index contributed by atoms with van der Waals surface area (Å²) in [4.78, 5) is 8.00. The fourth-order valence-electron chi connectivity index (χ4n) is 2.18. The van der Waals surface area contributed by atoms with E-state index in [1.165, 1.54) is 4.88 Å². The van der Waals surface area contributed by atoms with E-state index in [-0.39, 0.29) is 0 Å². The highest BCUT2D eigenvalue weighted by molar-refractivity contribution is 7.16. The Labute approximate surface area is 120 Å². The molecule has 0 amide bonds. The second kappa shape index (κ2) is 5.19. The van der Waals surface area contributed by atoms with Crippen LogP contribution in [0, 0.1) is 0 Å². The first-order valence-electron chi connectivity index (χ1n) is 6.18. The molecule has 0 aliphatic carbocycles. The number of nitrogens with zero attached hydrogens (tertiary/aromatic N) is 2. The Morgan fingerprint density at radius 2 is 2.16 bits per heavy atom. The largest absolute Gasteiger partial charge is 0.395 e. The first-order chi connectivity index (χ1) is 9.29. The molecule has 3 rings (SSSR count). The summed E-state index contributed by atoms with van der Waals surface area (Å²) >= 11 is 3.40. The van der Waals surface area contributed by atoms with Gasteiger partial charge in [-0.2, -0.15) is 0 Å². The van der Waals surface area contributed by atoms with Crippen molar-refractivity contribution in [2.24, 2.45) is 0 Å². The Morgan fingerprint density at radius 1 is 1.26 bits per heavy atom. The standard InChI is InChI=1S/C14H15N3S2/c1-2-17(8-10-4-3-7-18-10)11-5-6-12-14(13(11)15)16-9-19-12/h3-7,9H,2,8,15H2,1H3. The maximum atomic E-state index is 6.27. The van der Waals surface area contributed by atoms with Crippen molar-refractivity contribution in [3.63, 3.8) is 0 Å². The van der Waals surface area contributed by atoms with Crippen molar-refractivity contribution in [1.29, 1.82) is 0 Å². The Hall–Kier alpha value is -1.59. The third kappa shape index (κ3) is 2.31. The van der Waals surface area contributed by atoms with Crippen LogP contribution in [0.2, 0.25) is 0 Å². The molecule has 19 heavy (non-hydrogen) atoms. The average Bonchev–Trinajstić information content (AvgIpc) is 3.08. The molecule has 5 heteroatoms. The Morgan fingerprint density at radius 3 is 2.89 bits per heavy atom. The third-order valence-electron chi connectivity index (χ3n) is 3.17. The third-order valence-corrected chi connectivity index (χ3v) is 4.82. The zero-order valence-electron chi connectivity index (χ0n) is 10.7. The smallest absolute Gasteiger partial charge is 0.106 e. The van der Waals surface area contributed by atoms with Gasteiger partial charge in [0.05, 0.1) is 28.1 Å². The molecule has 3 aromatic rings. The lowest BCUT2D eigenvalue weighted by Crippen LogP contribution is -2.22. The Bertz CT molecular complexity index is 673. The summed E-state index contributed by atoms with van der Waals surface area (Å²) < 4.78 is 1.15. The van der Waals surface area contributed by atoms with Gasteiger partial charge in [0.25, 0.3) is 0 Å². The number of thiophene rings is 1. The van der Waals surface area contributed by atoms with Gasteiger partial charge in [-0.15, -0.1) is 22.7 Å². The Kier molecular flexibility index (Phi) is 3.40. The van der Waals surface area contributed by atoms with Crippen LogP contribution in [0.4, 0.5) is 11.4 Å². The van der Waals surface area contributed by atoms with Crippen molar-refractivity contribution in [3.05, 3.63) is 40.0 Å². The molecular formula is C14H15N3S2. The van der Waals surface area contributed by atoms with Gasteiger partial charge < -0.3 is 10.6 Å². The molecule has 0 saturated carbocycles. The molecule has 0 saturated heterocycles. The highest BCUT2D eigenvalue weighted by atomic mass is 32.1. The van der Waals surface area contributed by atoms with Crippen LogP contribution < -0.4 is 10.6 Å². The van der Waals surface area contributed by atoms with Crippen LogP contribution in [0.3, 0.4) is 0 Å². The van der Waals surface area contributed by atoms with Crippen molar-refractivity contribution < 1.29 is 0 Å². The van der Waals surface area contributed by atoms with E-state index < -0.39 is 0 Å². The van der Waals surface area contributed by atoms with Crippen LogP contribution in [-0.4, -0.2) is 11.5 Å². The van der Waals surface area contributed by atoms with E-state index in [1.54, 1.807) is 22.7 Å². The molecule has 0 spiro atoms. The summed E-state index contributed by atoms with van der Waals surface area (Å²) in [5.41, 5.74) is 10.9. The van der Waals surface area contributed by atoms with Gasteiger partial charge in [0.15, 0.2) is 0 Å². The van der Waals surface area contributed by atoms with E-state index in [9.17, 15) is 0 Å². The molecule has 1 aromatic carbocycles. The van der Waals surface area contributed by atoms with Crippen molar-refractivity contribution in [2.45, 2.75) is 13.5 Å². The number of benzene rings is 1. The number of thiazole rings is 1. The van der Waals surface area contributed by atoms with Crippen LogP contribution in [0.15, 0.2) is 35.2 Å². The lowest BCUT2D eigenvalue weighted by Gasteiger charge is -2.24. The normalized spacial score (nSPS) is 11.0. The van der Waals surface area contributed by atoms with Crippen LogP contribution >= 0.6 is 22.7 Å². The quantitative estimate of drug-likeness (QED) is 0.739. The molecule has 98 valence electrons. The zero-order valence-corrected chi connectivity index (χ0v) is 12.3. The van der Waals surface area contributed by atoms with Crippen molar-refractivity contribution in [2.75, 3.05) is 17.2 Å². The zero-order chi connectivity index (χ0) is 13.2. The fourth-order valence-corrected chi connectivity index (χ4v) is 3.59. The highest BCUT2D eigenvalue weighted by Gasteiger charge is 2.13. The van der Waals surface area contributed by atoms with Gasteiger partial charge in [0.1, 0.15) is 5.52 Å². The minimum Gasteiger partial charge on any atom is -0.395 e. The average molecular weight is 289 g/mol. The molecule has 2 N–H and O–H groups in total. The van der Waals surface area contributed by atoms with Crippen molar-refractivity contribution in [3.8, 4) is 0 Å². The number of hydrogen-bond donors (Lipinski definition) is 1. The number of rotatable bonds is 4. The molecule has 0 atom stereocenters. The van der Waals surface area contributed by atoms with Gasteiger partial charge in [-0.1, -0.05) is 6.07 Å². The minimum absolute atomic E-state index is 0.789. The maximum absolute atomic E-state index is 6.27. The Balaban J connectivity index is 1.98. The lowest BCUT2D eigenvalue weighted by atomic mass is 10.2. The van der Waals surface area contributed by atoms with Gasteiger partial charge in [0.2, 0.25) is 0 Å². The number of hydrogen-bond acceptors (Lipinski definition) is 5. The number of aromatic nitrogens is 1. The summed E-state index contributed by atoms with van der Waals surface area (Å²) in [6.45, 7) is 3.98. The van der Waals surface area contributed by atoms with Gasteiger partial charge in [-0.05, 0) is 30.5 Å². The fraction of sp³-hybridized carbons (Fsp3) is 0.214. The lowest BCUT2D eigenvalue weighted by molar-refractivity contribution is 0.844. The van der Waals surface area contributed by atoms with E-state index >= 15 is 0 Å². The number of fused-ring (bicyclic) bond motifs is 1. The first kappa shape index (κ1) is 12.4. The highest BCUT2D eigenvalue weighted by Crippen LogP contribution is 2.33. The van der Waals surface area contributed by atoms with Gasteiger partial charge in [-0.25, -0.2) is 4.98 Å². The summed E-state index contributed by atoms with van der Waals surface area (Å²) in [7, 11) is 0. The van der Waals surface area contributed by atoms with E-state index in [0.29, 0.717) is 0 Å². The number of nitrogens with two attached hydrogens (primary N) is 1. The summed E-state index contributed by atoms with van der Waals surface area (Å²) in [5.74, 6) is 0. The van der Waals surface area contributed by atoms with Gasteiger partial charge in [-0.3, -0.25) is 0 Å².